The molecule has 0 amide bonds. The van der Waals surface area contributed by atoms with Gasteiger partial charge in [0, 0.05) is 12.7 Å². The molecule has 1 N–H and O–H groups in total. The number of halogens is 1. The molecular weight excluding hydrogens is 179 g/mol. The Morgan fingerprint density at radius 2 is 2.43 bits per heavy atom. The Balaban J connectivity index is 1.87. The number of rotatable bonds is 4. The molecule has 1 fully saturated rings. The molecule has 1 aliphatic rings. The predicted molar refractivity (Wildman–Crippen MR) is 54.6 cm³/mol. The maximum Gasteiger partial charge on any atom is 0.165 e. The van der Waals surface area contributed by atoms with Crippen molar-refractivity contribution >= 4 is 5.82 Å². The molecule has 76 valence electrons. The quantitative estimate of drug-likeness (QED) is 0.797. The van der Waals surface area contributed by atoms with Crippen LogP contribution in [0.1, 0.15) is 19.8 Å². The highest BCUT2D eigenvalue weighted by Gasteiger charge is 2.27. The van der Waals surface area contributed by atoms with Gasteiger partial charge in [0.15, 0.2) is 11.6 Å². The highest BCUT2D eigenvalue weighted by molar-refractivity contribution is 5.35. The number of pyridine rings is 1. The number of aromatic nitrogens is 1. The van der Waals surface area contributed by atoms with E-state index in [0.29, 0.717) is 11.7 Å². The van der Waals surface area contributed by atoms with E-state index < -0.39 is 0 Å². The van der Waals surface area contributed by atoms with Gasteiger partial charge in [0.05, 0.1) is 0 Å². The van der Waals surface area contributed by atoms with Gasteiger partial charge in [0.1, 0.15) is 0 Å². The van der Waals surface area contributed by atoms with Gasteiger partial charge >= 0.3 is 0 Å². The summed E-state index contributed by atoms with van der Waals surface area (Å²) in [4.78, 5) is 3.94. The molecule has 1 saturated carbocycles. The van der Waals surface area contributed by atoms with Gasteiger partial charge in [-0.15, -0.1) is 0 Å². The Kier molecular flexibility index (Phi) is 2.66. The Labute approximate surface area is 83.6 Å². The van der Waals surface area contributed by atoms with E-state index in [1.54, 1.807) is 12.3 Å². The lowest BCUT2D eigenvalue weighted by Crippen LogP contribution is -2.14. The third-order valence-electron chi connectivity index (χ3n) is 2.78. The molecule has 0 bridgehead atoms. The molecule has 14 heavy (non-hydrogen) atoms. The maximum absolute atomic E-state index is 13.1. The fraction of sp³-hybridized carbons (Fsp3) is 0.545. The fourth-order valence-corrected chi connectivity index (χ4v) is 1.61. The van der Waals surface area contributed by atoms with Crippen molar-refractivity contribution in [2.24, 2.45) is 11.8 Å². The number of hydrogen-bond donors (Lipinski definition) is 1. The Hall–Kier alpha value is -1.12. The normalized spacial score (nSPS) is 17.9. The molecule has 1 atom stereocenters. The minimum absolute atomic E-state index is 0.268. The predicted octanol–water partition coefficient (Wildman–Crippen LogP) is 2.68. The highest BCUT2D eigenvalue weighted by atomic mass is 19.1. The average molecular weight is 194 g/mol. The van der Waals surface area contributed by atoms with Crippen molar-refractivity contribution in [2.45, 2.75) is 19.8 Å². The molecule has 0 aliphatic heterocycles. The molecule has 1 heterocycles. The van der Waals surface area contributed by atoms with Gasteiger partial charge in [0.25, 0.3) is 0 Å². The van der Waals surface area contributed by atoms with Gasteiger partial charge in [-0.05, 0) is 36.8 Å². The van der Waals surface area contributed by atoms with Crippen molar-refractivity contribution < 1.29 is 4.39 Å². The molecule has 0 spiro atoms. The van der Waals surface area contributed by atoms with Crippen molar-refractivity contribution in [1.82, 2.24) is 4.98 Å². The minimum atomic E-state index is -0.268. The van der Waals surface area contributed by atoms with E-state index in [9.17, 15) is 4.39 Å². The first-order valence-electron chi connectivity index (χ1n) is 5.12. The molecule has 1 aliphatic carbocycles. The van der Waals surface area contributed by atoms with Gasteiger partial charge < -0.3 is 5.32 Å². The van der Waals surface area contributed by atoms with Crippen LogP contribution in [0, 0.1) is 17.7 Å². The Bertz CT molecular complexity index is 310. The monoisotopic (exact) mass is 194 g/mol. The van der Waals surface area contributed by atoms with Crippen LogP contribution in [0.4, 0.5) is 10.2 Å². The first kappa shape index (κ1) is 9.44. The molecule has 1 unspecified atom stereocenters. The summed E-state index contributed by atoms with van der Waals surface area (Å²) in [6, 6.07) is 3.03. The summed E-state index contributed by atoms with van der Waals surface area (Å²) in [6.45, 7) is 3.02. The standard InChI is InChI=1S/C11H15FN2/c1-8(9-4-5-9)7-14-11-10(12)3-2-6-13-11/h2-3,6,8-9H,4-5,7H2,1H3,(H,13,14). The third kappa shape index (κ3) is 2.22. The molecule has 0 radical (unpaired) electrons. The molecule has 1 aromatic heterocycles. The van der Waals surface area contributed by atoms with Crippen LogP contribution < -0.4 is 5.32 Å². The number of nitrogens with zero attached hydrogens (tertiary/aromatic N) is 1. The van der Waals surface area contributed by atoms with Crippen molar-refractivity contribution in [2.75, 3.05) is 11.9 Å². The lowest BCUT2D eigenvalue weighted by Gasteiger charge is -2.11. The summed E-state index contributed by atoms with van der Waals surface area (Å²) in [5, 5.41) is 3.05. The van der Waals surface area contributed by atoms with Crippen LogP contribution in [0.15, 0.2) is 18.3 Å². The van der Waals surface area contributed by atoms with E-state index in [2.05, 4.69) is 17.2 Å². The SMILES string of the molecule is CC(CNc1ncccc1F)C1CC1. The lowest BCUT2D eigenvalue weighted by molar-refractivity contribution is 0.532. The average Bonchev–Trinajstić information content (AvgIpc) is 2.99. The molecular formula is C11H15FN2. The summed E-state index contributed by atoms with van der Waals surface area (Å²) in [7, 11) is 0. The smallest absolute Gasteiger partial charge is 0.165 e. The zero-order chi connectivity index (χ0) is 9.97. The van der Waals surface area contributed by atoms with Gasteiger partial charge in [-0.1, -0.05) is 6.92 Å². The summed E-state index contributed by atoms with van der Waals surface area (Å²) in [6.07, 6.45) is 4.26. The van der Waals surface area contributed by atoms with Crippen LogP contribution in [0.2, 0.25) is 0 Å². The third-order valence-corrected chi connectivity index (χ3v) is 2.78. The molecule has 2 rings (SSSR count). The zero-order valence-electron chi connectivity index (χ0n) is 8.33. The van der Waals surface area contributed by atoms with E-state index in [0.717, 1.165) is 12.5 Å². The van der Waals surface area contributed by atoms with E-state index >= 15 is 0 Å². The van der Waals surface area contributed by atoms with Crippen LogP contribution in [0.25, 0.3) is 0 Å². The molecule has 3 heteroatoms. The number of anilines is 1. The second kappa shape index (κ2) is 3.95. The Morgan fingerprint density at radius 1 is 1.64 bits per heavy atom. The van der Waals surface area contributed by atoms with Gasteiger partial charge in [-0.3, -0.25) is 0 Å². The van der Waals surface area contributed by atoms with Crippen molar-refractivity contribution in [3.8, 4) is 0 Å². The second-order valence-electron chi connectivity index (χ2n) is 4.03. The van der Waals surface area contributed by atoms with Crippen LogP contribution >= 0.6 is 0 Å². The van der Waals surface area contributed by atoms with E-state index in [1.165, 1.54) is 18.9 Å². The van der Waals surface area contributed by atoms with E-state index in [4.69, 9.17) is 0 Å². The largest absolute Gasteiger partial charge is 0.367 e. The van der Waals surface area contributed by atoms with Crippen LogP contribution in [-0.4, -0.2) is 11.5 Å². The fourth-order valence-electron chi connectivity index (χ4n) is 1.61. The molecule has 0 aromatic carbocycles. The van der Waals surface area contributed by atoms with Crippen LogP contribution in [0.3, 0.4) is 0 Å². The zero-order valence-corrected chi connectivity index (χ0v) is 8.33. The highest BCUT2D eigenvalue weighted by Crippen LogP contribution is 2.36. The van der Waals surface area contributed by atoms with Crippen molar-refractivity contribution in [1.29, 1.82) is 0 Å². The number of hydrogen-bond acceptors (Lipinski definition) is 2. The minimum Gasteiger partial charge on any atom is -0.367 e. The summed E-state index contributed by atoms with van der Waals surface area (Å²) in [5.74, 6) is 1.57. The molecule has 2 nitrogen and oxygen atoms in total. The molecule has 1 aromatic rings. The first-order chi connectivity index (χ1) is 6.77. The van der Waals surface area contributed by atoms with Gasteiger partial charge in [-0.25, -0.2) is 9.37 Å². The van der Waals surface area contributed by atoms with E-state index in [1.807, 2.05) is 0 Å². The lowest BCUT2D eigenvalue weighted by atomic mass is 10.1. The van der Waals surface area contributed by atoms with Crippen LogP contribution in [-0.2, 0) is 0 Å². The first-order valence-corrected chi connectivity index (χ1v) is 5.12. The van der Waals surface area contributed by atoms with Crippen molar-refractivity contribution in [3.63, 3.8) is 0 Å². The number of nitrogens with one attached hydrogen (secondary N) is 1. The van der Waals surface area contributed by atoms with Gasteiger partial charge in [0.2, 0.25) is 0 Å². The summed E-state index contributed by atoms with van der Waals surface area (Å²) in [5.41, 5.74) is 0. The van der Waals surface area contributed by atoms with E-state index in [-0.39, 0.29) is 5.82 Å². The molecule has 0 saturated heterocycles. The second-order valence-corrected chi connectivity index (χ2v) is 4.03. The van der Waals surface area contributed by atoms with Crippen molar-refractivity contribution in [3.05, 3.63) is 24.1 Å². The van der Waals surface area contributed by atoms with Crippen LogP contribution in [0.5, 0.6) is 0 Å². The Morgan fingerprint density at radius 3 is 3.07 bits per heavy atom. The topological polar surface area (TPSA) is 24.9 Å². The summed E-state index contributed by atoms with van der Waals surface area (Å²) < 4.78 is 13.1. The maximum atomic E-state index is 13.1. The summed E-state index contributed by atoms with van der Waals surface area (Å²) >= 11 is 0. The van der Waals surface area contributed by atoms with Gasteiger partial charge in [-0.2, -0.15) is 0 Å².